The van der Waals surface area contributed by atoms with Gasteiger partial charge < -0.3 is 0 Å². The van der Waals surface area contributed by atoms with Crippen LogP contribution in [0, 0.1) is 0 Å². The highest BCUT2D eigenvalue weighted by Gasteiger charge is 1.80. The first-order chi connectivity index (χ1) is 4.66. The minimum atomic E-state index is 1.10. The maximum absolute atomic E-state index is 2.28. The van der Waals surface area contributed by atoms with Crippen LogP contribution in [0.5, 0.6) is 0 Å². The molecule has 0 amide bonds. The molecule has 0 saturated heterocycles. The van der Waals surface area contributed by atoms with E-state index in [9.17, 15) is 0 Å². The van der Waals surface area contributed by atoms with E-state index < -0.39 is 0 Å². The van der Waals surface area contributed by atoms with Gasteiger partial charge in [-0.05, 0) is 33.6 Å². The Morgan fingerprint density at radius 3 is 2.10 bits per heavy atom. The minimum Gasteiger partial charge on any atom is -0.0821 e. The Bertz CT molecular complexity index is 134. The summed E-state index contributed by atoms with van der Waals surface area (Å²) in [5, 5.41) is 0. The van der Waals surface area contributed by atoms with Gasteiger partial charge in [0.25, 0.3) is 0 Å². The topological polar surface area (TPSA) is 0 Å². The van der Waals surface area contributed by atoms with Crippen LogP contribution in [0.15, 0.2) is 23.3 Å². The molecule has 0 saturated carbocycles. The molecule has 0 aromatic heterocycles. The average Bonchev–Trinajstić information content (AvgIpc) is 1.87. The molecule has 0 spiro atoms. The van der Waals surface area contributed by atoms with E-state index in [1.807, 2.05) is 0 Å². The maximum Gasteiger partial charge on any atom is -0.0164 e. The number of hydrogen-bond donors (Lipinski definition) is 0. The first kappa shape index (κ1) is 9.48. The lowest BCUT2D eigenvalue weighted by molar-refractivity contribution is 1.07. The van der Waals surface area contributed by atoms with E-state index in [0.717, 1.165) is 6.42 Å². The van der Waals surface area contributed by atoms with E-state index in [4.69, 9.17) is 0 Å². The molecule has 0 heteroatoms. The molecule has 0 unspecified atom stereocenters. The van der Waals surface area contributed by atoms with Crippen LogP contribution in [-0.4, -0.2) is 0 Å². The molecule has 0 rings (SSSR count). The SMILES string of the molecule is CCC(C)=CCC=C(C)C. The summed E-state index contributed by atoms with van der Waals surface area (Å²) >= 11 is 0. The molecule has 0 aromatic rings. The monoisotopic (exact) mass is 138 g/mol. The highest BCUT2D eigenvalue weighted by Crippen LogP contribution is 2.01. The Morgan fingerprint density at radius 1 is 1.10 bits per heavy atom. The van der Waals surface area contributed by atoms with Gasteiger partial charge in [-0.3, -0.25) is 0 Å². The normalized spacial score (nSPS) is 11.4. The second-order valence-corrected chi connectivity index (χ2v) is 2.92. The van der Waals surface area contributed by atoms with Gasteiger partial charge in [-0.25, -0.2) is 0 Å². The molecule has 0 bridgehead atoms. The van der Waals surface area contributed by atoms with Crippen LogP contribution in [-0.2, 0) is 0 Å². The lowest BCUT2D eigenvalue weighted by atomic mass is 10.2. The van der Waals surface area contributed by atoms with E-state index in [1.165, 1.54) is 17.6 Å². The lowest BCUT2D eigenvalue weighted by Gasteiger charge is -1.92. The summed E-state index contributed by atoms with van der Waals surface area (Å²) in [4.78, 5) is 0. The summed E-state index contributed by atoms with van der Waals surface area (Å²) < 4.78 is 0. The molecule has 0 N–H and O–H groups in total. The summed E-state index contributed by atoms with van der Waals surface area (Å²) in [5.74, 6) is 0. The van der Waals surface area contributed by atoms with Crippen LogP contribution >= 0.6 is 0 Å². The highest BCUT2D eigenvalue weighted by atomic mass is 13.9. The Hall–Kier alpha value is -0.520. The largest absolute Gasteiger partial charge is 0.0821 e. The second-order valence-electron chi connectivity index (χ2n) is 2.92. The van der Waals surface area contributed by atoms with Gasteiger partial charge in [-0.15, -0.1) is 0 Å². The quantitative estimate of drug-likeness (QED) is 0.522. The third kappa shape index (κ3) is 5.61. The molecule has 0 fully saturated rings. The average molecular weight is 138 g/mol. The van der Waals surface area contributed by atoms with Crippen molar-refractivity contribution in [3.8, 4) is 0 Å². The molecule has 0 aromatic carbocycles. The Balaban J connectivity index is 3.63. The fourth-order valence-electron chi connectivity index (χ4n) is 0.640. The maximum atomic E-state index is 2.28. The molecule has 0 radical (unpaired) electrons. The molecular formula is C10H18. The van der Waals surface area contributed by atoms with Crippen LogP contribution in [0.2, 0.25) is 0 Å². The molecule has 0 aliphatic heterocycles. The fraction of sp³-hybridized carbons (Fsp3) is 0.600. The third-order valence-corrected chi connectivity index (χ3v) is 1.55. The zero-order valence-corrected chi connectivity index (χ0v) is 7.57. The third-order valence-electron chi connectivity index (χ3n) is 1.55. The summed E-state index contributed by atoms with van der Waals surface area (Å²) in [5.41, 5.74) is 2.89. The molecule has 10 heavy (non-hydrogen) atoms. The fourth-order valence-corrected chi connectivity index (χ4v) is 0.640. The zero-order valence-electron chi connectivity index (χ0n) is 7.57. The van der Waals surface area contributed by atoms with Gasteiger partial charge in [0.05, 0.1) is 0 Å². The van der Waals surface area contributed by atoms with Crippen LogP contribution in [0.4, 0.5) is 0 Å². The number of rotatable bonds is 3. The van der Waals surface area contributed by atoms with Gasteiger partial charge in [-0.1, -0.05) is 30.2 Å². The van der Waals surface area contributed by atoms with Crippen molar-refractivity contribution >= 4 is 0 Å². The summed E-state index contributed by atoms with van der Waals surface area (Å²) in [6.07, 6.45) is 6.81. The van der Waals surface area contributed by atoms with Crippen LogP contribution in [0.1, 0.15) is 40.5 Å². The zero-order chi connectivity index (χ0) is 7.98. The van der Waals surface area contributed by atoms with Crippen molar-refractivity contribution in [3.05, 3.63) is 23.3 Å². The first-order valence-corrected chi connectivity index (χ1v) is 3.95. The van der Waals surface area contributed by atoms with E-state index in [-0.39, 0.29) is 0 Å². The van der Waals surface area contributed by atoms with Gasteiger partial charge >= 0.3 is 0 Å². The summed E-state index contributed by atoms with van der Waals surface area (Å²) in [6, 6.07) is 0. The van der Waals surface area contributed by atoms with Gasteiger partial charge in [-0.2, -0.15) is 0 Å². The summed E-state index contributed by atoms with van der Waals surface area (Å²) in [6.45, 7) is 8.64. The smallest absolute Gasteiger partial charge is 0.0164 e. The molecule has 0 aliphatic carbocycles. The number of hydrogen-bond acceptors (Lipinski definition) is 0. The van der Waals surface area contributed by atoms with Crippen molar-refractivity contribution in [3.63, 3.8) is 0 Å². The van der Waals surface area contributed by atoms with Crippen molar-refractivity contribution in [2.75, 3.05) is 0 Å². The van der Waals surface area contributed by atoms with Crippen molar-refractivity contribution in [1.82, 2.24) is 0 Å². The van der Waals surface area contributed by atoms with Crippen LogP contribution in [0.25, 0.3) is 0 Å². The lowest BCUT2D eigenvalue weighted by Crippen LogP contribution is -1.71. The Labute approximate surface area is 64.6 Å². The standard InChI is InChI=1S/C10H18/c1-5-10(4)8-6-7-9(2)3/h7-8H,5-6H2,1-4H3. The van der Waals surface area contributed by atoms with E-state index >= 15 is 0 Å². The molecular weight excluding hydrogens is 120 g/mol. The number of allylic oxidation sites excluding steroid dienone is 4. The van der Waals surface area contributed by atoms with Gasteiger partial charge in [0, 0.05) is 0 Å². The van der Waals surface area contributed by atoms with Crippen LogP contribution in [0.3, 0.4) is 0 Å². The van der Waals surface area contributed by atoms with Crippen molar-refractivity contribution < 1.29 is 0 Å². The van der Waals surface area contributed by atoms with Crippen molar-refractivity contribution in [2.45, 2.75) is 40.5 Å². The van der Waals surface area contributed by atoms with Gasteiger partial charge in [0.15, 0.2) is 0 Å². The van der Waals surface area contributed by atoms with E-state index in [1.54, 1.807) is 0 Å². The molecule has 0 nitrogen and oxygen atoms in total. The Kier molecular flexibility index (Phi) is 5.00. The van der Waals surface area contributed by atoms with Gasteiger partial charge in [0.1, 0.15) is 0 Å². The van der Waals surface area contributed by atoms with E-state index in [2.05, 4.69) is 39.8 Å². The van der Waals surface area contributed by atoms with Gasteiger partial charge in [0.2, 0.25) is 0 Å². The van der Waals surface area contributed by atoms with E-state index in [0.29, 0.717) is 0 Å². The first-order valence-electron chi connectivity index (χ1n) is 3.95. The summed E-state index contributed by atoms with van der Waals surface area (Å²) in [7, 11) is 0. The van der Waals surface area contributed by atoms with Crippen molar-refractivity contribution in [1.29, 1.82) is 0 Å². The molecule has 0 aliphatic rings. The van der Waals surface area contributed by atoms with Crippen LogP contribution < -0.4 is 0 Å². The predicted octanol–water partition coefficient (Wildman–Crippen LogP) is 3.70. The predicted molar refractivity (Wildman–Crippen MR) is 48.1 cm³/mol. The molecule has 0 heterocycles. The highest BCUT2D eigenvalue weighted by molar-refractivity contribution is 5.04. The Morgan fingerprint density at radius 2 is 1.70 bits per heavy atom. The van der Waals surface area contributed by atoms with Crippen molar-refractivity contribution in [2.24, 2.45) is 0 Å². The molecule has 58 valence electrons. The second kappa shape index (κ2) is 5.28. The minimum absolute atomic E-state index is 1.10. The molecule has 0 atom stereocenters.